The summed E-state index contributed by atoms with van der Waals surface area (Å²) in [6.45, 7) is 5.54. The molecule has 3 aromatic rings. The maximum absolute atomic E-state index is 13.4. The lowest BCUT2D eigenvalue weighted by Crippen LogP contribution is -2.35. The van der Waals surface area contributed by atoms with Crippen molar-refractivity contribution in [3.8, 4) is 0 Å². The van der Waals surface area contributed by atoms with Crippen LogP contribution in [-0.2, 0) is 11.3 Å². The van der Waals surface area contributed by atoms with Gasteiger partial charge >= 0.3 is 5.97 Å². The predicted molar refractivity (Wildman–Crippen MR) is 118 cm³/mol. The van der Waals surface area contributed by atoms with E-state index >= 15 is 0 Å². The molecule has 0 aliphatic carbocycles. The van der Waals surface area contributed by atoms with E-state index in [1.165, 1.54) is 6.07 Å². The number of fused-ring (bicyclic) bond motifs is 1. The molecule has 0 atom stereocenters. The number of carbonyl (C=O) groups is 1. The van der Waals surface area contributed by atoms with Crippen molar-refractivity contribution in [1.29, 1.82) is 0 Å². The molecule has 0 saturated carbocycles. The van der Waals surface area contributed by atoms with Crippen LogP contribution in [0.4, 0.5) is 10.2 Å². The minimum Gasteiger partial charge on any atom is -0.460 e. The molecule has 162 valence electrons. The van der Waals surface area contributed by atoms with E-state index in [1.54, 1.807) is 19.1 Å². The lowest BCUT2D eigenvalue weighted by Gasteiger charge is -2.32. The molecule has 0 amide bonds. The molecule has 0 unspecified atom stereocenters. The van der Waals surface area contributed by atoms with Crippen molar-refractivity contribution < 1.29 is 13.9 Å². The van der Waals surface area contributed by atoms with E-state index in [4.69, 9.17) is 4.74 Å². The van der Waals surface area contributed by atoms with Crippen LogP contribution in [0.1, 0.15) is 35.9 Å². The number of benzene rings is 2. The van der Waals surface area contributed by atoms with Gasteiger partial charge in [0.15, 0.2) is 0 Å². The molecule has 1 N–H and O–H groups in total. The highest BCUT2D eigenvalue weighted by Gasteiger charge is 2.20. The smallest absolute Gasteiger partial charge is 0.376 e. The van der Waals surface area contributed by atoms with E-state index in [0.717, 1.165) is 50.0 Å². The molecule has 1 fully saturated rings. The summed E-state index contributed by atoms with van der Waals surface area (Å²) < 4.78 is 18.5. The zero-order valence-electron chi connectivity index (χ0n) is 17.7. The minimum atomic E-state index is -0.512. The predicted octanol–water partition coefficient (Wildman–Crippen LogP) is 4.27. The van der Waals surface area contributed by atoms with Crippen molar-refractivity contribution in [3.05, 3.63) is 65.7 Å². The van der Waals surface area contributed by atoms with Crippen molar-refractivity contribution in [2.24, 2.45) is 5.92 Å². The van der Waals surface area contributed by atoms with Gasteiger partial charge in [0.05, 0.1) is 12.1 Å². The zero-order valence-corrected chi connectivity index (χ0v) is 17.7. The van der Waals surface area contributed by atoms with Gasteiger partial charge in [-0.3, -0.25) is 4.90 Å². The molecule has 0 bridgehead atoms. The van der Waals surface area contributed by atoms with Gasteiger partial charge in [0.25, 0.3) is 0 Å². The van der Waals surface area contributed by atoms with Crippen LogP contribution in [0.15, 0.2) is 48.5 Å². The molecule has 2 aromatic carbocycles. The van der Waals surface area contributed by atoms with Crippen LogP contribution in [0, 0.1) is 11.7 Å². The van der Waals surface area contributed by atoms with E-state index in [1.807, 2.05) is 30.3 Å². The number of aromatic nitrogens is 2. The number of esters is 1. The third kappa shape index (κ3) is 5.35. The summed E-state index contributed by atoms with van der Waals surface area (Å²) >= 11 is 0. The van der Waals surface area contributed by atoms with Gasteiger partial charge in [0.1, 0.15) is 11.6 Å². The highest BCUT2D eigenvalue weighted by Crippen LogP contribution is 2.23. The van der Waals surface area contributed by atoms with Gasteiger partial charge in [-0.05, 0) is 68.6 Å². The Balaban J connectivity index is 1.37. The first-order valence-corrected chi connectivity index (χ1v) is 10.8. The average Bonchev–Trinajstić information content (AvgIpc) is 2.78. The van der Waals surface area contributed by atoms with Crippen molar-refractivity contribution in [3.63, 3.8) is 0 Å². The second kappa shape index (κ2) is 9.83. The van der Waals surface area contributed by atoms with Gasteiger partial charge in [-0.15, -0.1) is 0 Å². The fourth-order valence-electron chi connectivity index (χ4n) is 3.98. The van der Waals surface area contributed by atoms with E-state index in [9.17, 15) is 9.18 Å². The molecular formula is C24H27FN4O2. The largest absolute Gasteiger partial charge is 0.460 e. The van der Waals surface area contributed by atoms with Crippen molar-refractivity contribution in [2.75, 3.05) is 31.6 Å². The second-order valence-corrected chi connectivity index (χ2v) is 7.86. The summed E-state index contributed by atoms with van der Waals surface area (Å²) in [5.41, 5.74) is 1.73. The molecule has 1 saturated heterocycles. The lowest BCUT2D eigenvalue weighted by molar-refractivity contribution is 0.0512. The first-order valence-electron chi connectivity index (χ1n) is 10.8. The maximum Gasteiger partial charge on any atom is 0.376 e. The van der Waals surface area contributed by atoms with Crippen molar-refractivity contribution >= 4 is 22.7 Å². The number of rotatable bonds is 7. The highest BCUT2D eigenvalue weighted by molar-refractivity contribution is 5.94. The van der Waals surface area contributed by atoms with E-state index in [-0.39, 0.29) is 18.2 Å². The Bertz CT molecular complexity index is 1050. The van der Waals surface area contributed by atoms with E-state index in [0.29, 0.717) is 17.3 Å². The third-order valence-electron chi connectivity index (χ3n) is 5.62. The minimum absolute atomic E-state index is 0.0768. The molecule has 4 rings (SSSR count). The standard InChI is InChI=1S/C24H27FN4O2/c1-2-31-24(30)23-27-21-9-4-3-8-20(21)22(28-23)26-15-17-10-12-29(13-11-17)16-18-6-5-7-19(25)14-18/h3-9,14,17H,2,10-13,15-16H2,1H3,(H,26,27,28). The van der Waals surface area contributed by atoms with Crippen LogP contribution < -0.4 is 5.32 Å². The van der Waals surface area contributed by atoms with Crippen LogP contribution in [-0.4, -0.2) is 47.1 Å². The summed E-state index contributed by atoms with van der Waals surface area (Å²) in [6, 6.07) is 14.5. The number of nitrogens with one attached hydrogen (secondary N) is 1. The fraction of sp³-hybridized carbons (Fsp3) is 0.375. The van der Waals surface area contributed by atoms with Crippen LogP contribution in [0.25, 0.3) is 10.9 Å². The van der Waals surface area contributed by atoms with Crippen LogP contribution in [0.5, 0.6) is 0 Å². The van der Waals surface area contributed by atoms with Crippen molar-refractivity contribution in [2.45, 2.75) is 26.3 Å². The van der Waals surface area contributed by atoms with Gasteiger partial charge in [0.2, 0.25) is 5.82 Å². The molecule has 1 aliphatic heterocycles. The number of ether oxygens (including phenoxy) is 1. The molecule has 31 heavy (non-hydrogen) atoms. The SMILES string of the molecule is CCOC(=O)c1nc(NCC2CCN(Cc3cccc(F)c3)CC2)c2ccccc2n1. The zero-order chi connectivity index (χ0) is 21.6. The Morgan fingerprint density at radius 2 is 1.97 bits per heavy atom. The van der Waals surface area contributed by atoms with Gasteiger partial charge in [-0.1, -0.05) is 24.3 Å². The van der Waals surface area contributed by atoms with Crippen LogP contribution >= 0.6 is 0 Å². The molecule has 1 aromatic heterocycles. The second-order valence-electron chi connectivity index (χ2n) is 7.86. The first kappa shape index (κ1) is 21.2. The molecule has 0 radical (unpaired) electrons. The number of anilines is 1. The van der Waals surface area contributed by atoms with E-state index in [2.05, 4.69) is 20.2 Å². The molecule has 2 heterocycles. The molecule has 7 heteroatoms. The summed E-state index contributed by atoms with van der Waals surface area (Å²) in [6.07, 6.45) is 2.10. The van der Waals surface area contributed by atoms with Gasteiger partial charge in [-0.25, -0.2) is 19.2 Å². The number of nitrogens with zero attached hydrogens (tertiary/aromatic N) is 3. The Hall–Kier alpha value is -3.06. The quantitative estimate of drug-likeness (QED) is 0.574. The Kier molecular flexibility index (Phi) is 6.72. The third-order valence-corrected chi connectivity index (χ3v) is 5.62. The highest BCUT2D eigenvalue weighted by atomic mass is 19.1. The number of hydrogen-bond acceptors (Lipinski definition) is 6. The van der Waals surface area contributed by atoms with Gasteiger partial charge < -0.3 is 10.1 Å². The number of likely N-dealkylation sites (tertiary alicyclic amines) is 1. The Morgan fingerprint density at radius 3 is 2.74 bits per heavy atom. The molecule has 1 aliphatic rings. The van der Waals surface area contributed by atoms with Crippen LogP contribution in [0.2, 0.25) is 0 Å². The Morgan fingerprint density at radius 1 is 1.16 bits per heavy atom. The molecular weight excluding hydrogens is 395 g/mol. The van der Waals surface area contributed by atoms with Gasteiger partial charge in [0, 0.05) is 18.5 Å². The molecule has 6 nitrogen and oxygen atoms in total. The first-order chi connectivity index (χ1) is 15.1. The Labute approximate surface area is 181 Å². The normalized spacial score (nSPS) is 15.2. The maximum atomic E-state index is 13.4. The lowest BCUT2D eigenvalue weighted by atomic mass is 9.96. The summed E-state index contributed by atoms with van der Waals surface area (Å²) in [5, 5.41) is 4.33. The fourth-order valence-corrected chi connectivity index (χ4v) is 3.98. The number of para-hydroxylation sites is 1. The number of hydrogen-bond donors (Lipinski definition) is 1. The average molecular weight is 423 g/mol. The monoisotopic (exact) mass is 422 g/mol. The van der Waals surface area contributed by atoms with Crippen LogP contribution in [0.3, 0.4) is 0 Å². The summed E-state index contributed by atoms with van der Waals surface area (Å²) in [5.74, 6) is 0.546. The summed E-state index contributed by atoms with van der Waals surface area (Å²) in [7, 11) is 0. The number of piperidine rings is 1. The topological polar surface area (TPSA) is 67.3 Å². The van der Waals surface area contributed by atoms with Gasteiger partial charge in [-0.2, -0.15) is 0 Å². The van der Waals surface area contributed by atoms with E-state index < -0.39 is 5.97 Å². The number of halogens is 1. The number of carbonyl (C=O) groups excluding carboxylic acids is 1. The van der Waals surface area contributed by atoms with Crippen molar-refractivity contribution in [1.82, 2.24) is 14.9 Å². The summed E-state index contributed by atoms with van der Waals surface area (Å²) in [4.78, 5) is 23.3. The molecule has 0 spiro atoms.